The zero-order valence-corrected chi connectivity index (χ0v) is 9.71. The van der Waals surface area contributed by atoms with Crippen molar-refractivity contribution < 1.29 is 0 Å². The van der Waals surface area contributed by atoms with Crippen LogP contribution in [0.4, 0.5) is 0 Å². The third-order valence-corrected chi connectivity index (χ3v) is 3.08. The zero-order valence-electron chi connectivity index (χ0n) is 6.69. The first-order valence-electron chi connectivity index (χ1n) is 3.68. The Bertz CT molecular complexity index is 510. The molecule has 0 aliphatic heterocycles. The van der Waals surface area contributed by atoms with Gasteiger partial charge in [-0.2, -0.15) is 0 Å². The van der Waals surface area contributed by atoms with Crippen molar-refractivity contribution in [2.24, 2.45) is 0 Å². The Morgan fingerprint density at radius 3 is 2.36 bits per heavy atom. The van der Waals surface area contributed by atoms with E-state index in [1.807, 2.05) is 0 Å². The van der Waals surface area contributed by atoms with Crippen molar-refractivity contribution in [2.45, 2.75) is 0 Å². The minimum atomic E-state index is 0.387. The lowest BCUT2D eigenvalue weighted by atomic mass is 10.2. The molecule has 0 fully saturated rings. The van der Waals surface area contributed by atoms with E-state index in [4.69, 9.17) is 46.4 Å². The molecule has 0 saturated carbocycles. The molecule has 0 radical (unpaired) electrons. The van der Waals surface area contributed by atoms with E-state index in [1.54, 1.807) is 12.1 Å². The molecule has 72 valence electrons. The molecule has 0 amide bonds. The van der Waals surface area contributed by atoms with Crippen LogP contribution in [0.5, 0.6) is 0 Å². The molecule has 1 nitrogen and oxygen atoms in total. The quantitative estimate of drug-likeness (QED) is 0.664. The van der Waals surface area contributed by atoms with Crippen LogP contribution in [0.25, 0.3) is 10.9 Å². The highest BCUT2D eigenvalue weighted by Gasteiger charge is 2.08. The molecular weight excluding hydrogens is 264 g/mol. The maximum atomic E-state index is 5.98. The molecule has 0 atom stereocenters. The molecule has 14 heavy (non-hydrogen) atoms. The maximum Gasteiger partial charge on any atom is 0.0905 e. The second-order valence-corrected chi connectivity index (χ2v) is 4.33. The van der Waals surface area contributed by atoms with Gasteiger partial charge in [-0.1, -0.05) is 46.4 Å². The molecule has 1 heterocycles. The average Bonchev–Trinajstić information content (AvgIpc) is 2.12. The van der Waals surface area contributed by atoms with E-state index in [9.17, 15) is 0 Å². The van der Waals surface area contributed by atoms with Crippen molar-refractivity contribution in [3.05, 3.63) is 38.4 Å². The van der Waals surface area contributed by atoms with Crippen LogP contribution >= 0.6 is 46.4 Å². The largest absolute Gasteiger partial charge is 0.253 e. The summed E-state index contributed by atoms with van der Waals surface area (Å²) in [5, 5.41) is 2.44. The fourth-order valence-corrected chi connectivity index (χ4v) is 2.06. The van der Waals surface area contributed by atoms with Gasteiger partial charge in [-0.25, -0.2) is 0 Å². The van der Waals surface area contributed by atoms with Gasteiger partial charge in [-0.15, -0.1) is 0 Å². The summed E-state index contributed by atoms with van der Waals surface area (Å²) in [5.41, 5.74) is 0.602. The number of halogens is 4. The van der Waals surface area contributed by atoms with E-state index in [1.165, 1.54) is 6.20 Å². The topological polar surface area (TPSA) is 12.9 Å². The summed E-state index contributed by atoms with van der Waals surface area (Å²) in [4.78, 5) is 4.08. The van der Waals surface area contributed by atoms with Gasteiger partial charge in [0.05, 0.1) is 20.6 Å². The predicted molar refractivity (Wildman–Crippen MR) is 61.8 cm³/mol. The molecule has 0 bridgehead atoms. The van der Waals surface area contributed by atoms with Crippen LogP contribution in [0.1, 0.15) is 0 Å². The molecule has 1 aromatic heterocycles. The van der Waals surface area contributed by atoms with Gasteiger partial charge in [0.2, 0.25) is 0 Å². The average molecular weight is 267 g/mol. The Morgan fingerprint density at radius 2 is 1.64 bits per heavy atom. The van der Waals surface area contributed by atoms with Crippen LogP contribution < -0.4 is 0 Å². The zero-order chi connectivity index (χ0) is 10.3. The molecule has 0 unspecified atom stereocenters. The Kier molecular flexibility index (Phi) is 2.76. The molecule has 2 aromatic rings. The van der Waals surface area contributed by atoms with Gasteiger partial charge in [-0.3, -0.25) is 4.98 Å². The number of rotatable bonds is 0. The van der Waals surface area contributed by atoms with E-state index >= 15 is 0 Å². The number of fused-ring (bicyclic) bond motifs is 1. The van der Waals surface area contributed by atoms with Crippen LogP contribution in [0, 0.1) is 0 Å². The first kappa shape index (κ1) is 10.3. The number of hydrogen-bond acceptors (Lipinski definition) is 1. The van der Waals surface area contributed by atoms with Gasteiger partial charge in [0.1, 0.15) is 0 Å². The van der Waals surface area contributed by atoms with E-state index < -0.39 is 0 Å². The lowest BCUT2D eigenvalue weighted by molar-refractivity contribution is 1.41. The summed E-state index contributed by atoms with van der Waals surface area (Å²) in [6.45, 7) is 0. The lowest BCUT2D eigenvalue weighted by Crippen LogP contribution is -1.82. The number of aromatic nitrogens is 1. The van der Waals surface area contributed by atoms with E-state index in [2.05, 4.69) is 4.98 Å². The van der Waals surface area contributed by atoms with Gasteiger partial charge >= 0.3 is 0 Å². The second-order valence-electron chi connectivity index (χ2n) is 2.70. The standard InChI is InChI=1S/C9H3Cl4N/c10-4-1-5-8(13)7(12)3-14-9(5)6(11)2-4/h1-3H. The van der Waals surface area contributed by atoms with Crippen molar-refractivity contribution in [1.82, 2.24) is 4.98 Å². The highest BCUT2D eigenvalue weighted by atomic mass is 35.5. The Morgan fingerprint density at radius 1 is 0.929 bits per heavy atom. The normalized spacial score (nSPS) is 10.9. The SMILES string of the molecule is Clc1cc(Cl)c2ncc(Cl)c(Cl)c2c1. The van der Waals surface area contributed by atoms with Gasteiger partial charge in [0, 0.05) is 16.6 Å². The Balaban J connectivity index is 2.95. The van der Waals surface area contributed by atoms with Gasteiger partial charge < -0.3 is 0 Å². The number of pyridine rings is 1. The monoisotopic (exact) mass is 265 g/mol. The van der Waals surface area contributed by atoms with Crippen molar-refractivity contribution in [3.63, 3.8) is 0 Å². The van der Waals surface area contributed by atoms with Crippen LogP contribution in [0.15, 0.2) is 18.3 Å². The minimum Gasteiger partial charge on any atom is -0.253 e. The first-order valence-corrected chi connectivity index (χ1v) is 5.19. The number of nitrogens with zero attached hydrogens (tertiary/aromatic N) is 1. The third-order valence-electron chi connectivity index (χ3n) is 1.78. The van der Waals surface area contributed by atoms with Crippen LogP contribution in [0.3, 0.4) is 0 Å². The van der Waals surface area contributed by atoms with Gasteiger partial charge in [-0.05, 0) is 12.1 Å². The second kappa shape index (κ2) is 3.74. The molecule has 1 aromatic carbocycles. The van der Waals surface area contributed by atoms with Gasteiger partial charge in [0.15, 0.2) is 0 Å². The summed E-state index contributed by atoms with van der Waals surface area (Å²) in [7, 11) is 0. The summed E-state index contributed by atoms with van der Waals surface area (Å²) >= 11 is 23.6. The van der Waals surface area contributed by atoms with Crippen molar-refractivity contribution >= 4 is 57.3 Å². The third kappa shape index (κ3) is 1.66. The predicted octanol–water partition coefficient (Wildman–Crippen LogP) is 4.85. The molecular formula is C9H3Cl4N. The Hall–Kier alpha value is -0.210. The number of hydrogen-bond donors (Lipinski definition) is 0. The fourth-order valence-electron chi connectivity index (χ4n) is 1.17. The van der Waals surface area contributed by atoms with E-state index in [0.717, 1.165) is 0 Å². The summed E-state index contributed by atoms with van der Waals surface area (Å²) in [6, 6.07) is 3.30. The van der Waals surface area contributed by atoms with Crippen molar-refractivity contribution in [1.29, 1.82) is 0 Å². The van der Waals surface area contributed by atoms with Crippen molar-refractivity contribution in [2.75, 3.05) is 0 Å². The highest BCUT2D eigenvalue weighted by molar-refractivity contribution is 6.46. The molecule has 0 aliphatic carbocycles. The van der Waals surface area contributed by atoms with Crippen LogP contribution in [-0.2, 0) is 0 Å². The molecule has 0 aliphatic rings. The van der Waals surface area contributed by atoms with Crippen molar-refractivity contribution in [3.8, 4) is 0 Å². The van der Waals surface area contributed by atoms with Crippen LogP contribution in [0.2, 0.25) is 20.1 Å². The van der Waals surface area contributed by atoms with E-state index in [-0.39, 0.29) is 0 Å². The van der Waals surface area contributed by atoms with Gasteiger partial charge in [0.25, 0.3) is 0 Å². The fraction of sp³-hybridized carbons (Fsp3) is 0. The van der Waals surface area contributed by atoms with E-state index in [0.29, 0.717) is 31.0 Å². The minimum absolute atomic E-state index is 0.387. The number of benzene rings is 1. The Labute approximate surface area is 101 Å². The lowest BCUT2D eigenvalue weighted by Gasteiger charge is -2.03. The molecule has 5 heteroatoms. The first-order chi connectivity index (χ1) is 6.59. The van der Waals surface area contributed by atoms with Crippen LogP contribution in [-0.4, -0.2) is 4.98 Å². The summed E-state index contributed by atoms with van der Waals surface area (Å²) in [6.07, 6.45) is 1.46. The summed E-state index contributed by atoms with van der Waals surface area (Å²) in [5.74, 6) is 0. The molecule has 0 saturated heterocycles. The smallest absolute Gasteiger partial charge is 0.0905 e. The highest BCUT2D eigenvalue weighted by Crippen LogP contribution is 2.34. The molecule has 2 rings (SSSR count). The molecule has 0 spiro atoms. The maximum absolute atomic E-state index is 5.98. The molecule has 0 N–H and O–H groups in total. The summed E-state index contributed by atoms with van der Waals surface area (Å²) < 4.78 is 0.